The fourth-order valence-electron chi connectivity index (χ4n) is 2.08. The van der Waals surface area contributed by atoms with Gasteiger partial charge in [0.15, 0.2) is 10.8 Å². The first kappa shape index (κ1) is 14.1. The Labute approximate surface area is 119 Å². The smallest absolute Gasteiger partial charge is 0.375 e. The first-order valence-electron chi connectivity index (χ1n) is 6.33. The van der Waals surface area contributed by atoms with Gasteiger partial charge in [0.1, 0.15) is 0 Å². The predicted octanol–water partition coefficient (Wildman–Crippen LogP) is 2.65. The third kappa shape index (κ3) is 3.83. The van der Waals surface area contributed by atoms with Gasteiger partial charge < -0.3 is 14.5 Å². The van der Waals surface area contributed by atoms with Crippen LogP contribution in [0.5, 0.6) is 0 Å². The lowest BCUT2D eigenvalue weighted by atomic mass is 10.2. The lowest BCUT2D eigenvalue weighted by molar-refractivity contribution is -0.129. The Bertz CT molecular complexity index is 465. The molecule has 0 aliphatic heterocycles. The van der Waals surface area contributed by atoms with Crippen LogP contribution in [0.1, 0.15) is 43.2 Å². The number of furan rings is 1. The second kappa shape index (κ2) is 6.23. The van der Waals surface area contributed by atoms with Crippen LogP contribution >= 0.6 is 15.9 Å². The molecule has 0 spiro atoms. The molecule has 1 aromatic heterocycles. The molecule has 1 aromatic rings. The molecule has 0 saturated heterocycles. The fourth-order valence-corrected chi connectivity index (χ4v) is 2.39. The first-order chi connectivity index (χ1) is 9.06. The van der Waals surface area contributed by atoms with Crippen LogP contribution in [-0.2, 0) is 9.53 Å². The minimum absolute atomic E-state index is 0.0763. The molecule has 2 rings (SSSR count). The van der Waals surface area contributed by atoms with Crippen LogP contribution in [0.3, 0.4) is 0 Å². The fraction of sp³-hybridized carbons (Fsp3) is 0.538. The molecule has 104 valence electrons. The van der Waals surface area contributed by atoms with Crippen molar-refractivity contribution in [3.63, 3.8) is 0 Å². The van der Waals surface area contributed by atoms with Gasteiger partial charge in [-0.15, -0.1) is 0 Å². The van der Waals surface area contributed by atoms with Crippen LogP contribution in [0.4, 0.5) is 0 Å². The zero-order valence-electron chi connectivity index (χ0n) is 10.6. The molecule has 1 atom stereocenters. The Morgan fingerprint density at radius 2 is 2.11 bits per heavy atom. The van der Waals surface area contributed by atoms with Crippen molar-refractivity contribution >= 4 is 27.8 Å². The van der Waals surface area contributed by atoms with E-state index >= 15 is 0 Å². The molecule has 0 unspecified atom stereocenters. The van der Waals surface area contributed by atoms with Crippen molar-refractivity contribution in [2.45, 2.75) is 44.8 Å². The van der Waals surface area contributed by atoms with Crippen LogP contribution in [0.2, 0.25) is 0 Å². The molecular weight excluding hydrogens is 314 g/mol. The third-order valence-electron chi connectivity index (χ3n) is 3.13. The highest BCUT2D eigenvalue weighted by Crippen LogP contribution is 2.18. The Morgan fingerprint density at radius 1 is 1.42 bits per heavy atom. The van der Waals surface area contributed by atoms with Crippen LogP contribution < -0.4 is 5.32 Å². The van der Waals surface area contributed by atoms with E-state index in [0.29, 0.717) is 4.67 Å². The van der Waals surface area contributed by atoms with E-state index in [1.165, 1.54) is 6.07 Å². The van der Waals surface area contributed by atoms with Crippen molar-refractivity contribution in [2.24, 2.45) is 0 Å². The van der Waals surface area contributed by atoms with Gasteiger partial charge in [0, 0.05) is 6.04 Å². The van der Waals surface area contributed by atoms with E-state index in [-0.39, 0.29) is 17.7 Å². The summed E-state index contributed by atoms with van der Waals surface area (Å²) in [7, 11) is 0. The normalized spacial score (nSPS) is 17.2. The van der Waals surface area contributed by atoms with E-state index in [4.69, 9.17) is 9.15 Å². The molecule has 1 fully saturated rings. The molecular formula is C13H16BrNO4. The Hall–Kier alpha value is -1.30. The average Bonchev–Trinajstić information content (AvgIpc) is 3.00. The van der Waals surface area contributed by atoms with Gasteiger partial charge in [-0.25, -0.2) is 4.79 Å². The van der Waals surface area contributed by atoms with Gasteiger partial charge in [0.2, 0.25) is 5.76 Å². The number of amides is 1. The number of esters is 1. The zero-order chi connectivity index (χ0) is 13.8. The lowest BCUT2D eigenvalue weighted by Gasteiger charge is -2.16. The minimum Gasteiger partial charge on any atom is -0.447 e. The number of hydrogen-bond acceptors (Lipinski definition) is 4. The van der Waals surface area contributed by atoms with E-state index in [1.54, 1.807) is 13.0 Å². The van der Waals surface area contributed by atoms with Crippen molar-refractivity contribution < 1.29 is 18.7 Å². The van der Waals surface area contributed by atoms with Gasteiger partial charge in [0.25, 0.3) is 5.91 Å². The van der Waals surface area contributed by atoms with Crippen molar-refractivity contribution in [1.82, 2.24) is 5.32 Å². The Balaban J connectivity index is 1.84. The molecule has 5 nitrogen and oxygen atoms in total. The number of halogens is 1. The maximum absolute atomic E-state index is 11.8. The van der Waals surface area contributed by atoms with E-state index in [1.807, 2.05) is 0 Å². The van der Waals surface area contributed by atoms with Gasteiger partial charge in [-0.1, -0.05) is 12.8 Å². The first-order valence-corrected chi connectivity index (χ1v) is 7.12. The number of nitrogens with one attached hydrogen (secondary N) is 1. The summed E-state index contributed by atoms with van der Waals surface area (Å²) in [5, 5.41) is 2.88. The summed E-state index contributed by atoms with van der Waals surface area (Å²) in [6.45, 7) is 1.56. The monoisotopic (exact) mass is 329 g/mol. The molecule has 1 aliphatic rings. The molecule has 1 N–H and O–H groups in total. The van der Waals surface area contributed by atoms with E-state index in [0.717, 1.165) is 25.7 Å². The van der Waals surface area contributed by atoms with Crippen molar-refractivity contribution in [2.75, 3.05) is 0 Å². The zero-order valence-corrected chi connectivity index (χ0v) is 12.2. The van der Waals surface area contributed by atoms with Gasteiger partial charge >= 0.3 is 5.97 Å². The third-order valence-corrected chi connectivity index (χ3v) is 3.56. The highest BCUT2D eigenvalue weighted by Gasteiger charge is 2.24. The number of hydrogen-bond donors (Lipinski definition) is 1. The second-order valence-electron chi connectivity index (χ2n) is 4.64. The minimum atomic E-state index is -0.822. The highest BCUT2D eigenvalue weighted by atomic mass is 79.9. The molecule has 1 saturated carbocycles. The van der Waals surface area contributed by atoms with Crippen molar-refractivity contribution in [3.8, 4) is 0 Å². The van der Waals surface area contributed by atoms with Crippen molar-refractivity contribution in [3.05, 3.63) is 22.6 Å². The van der Waals surface area contributed by atoms with Gasteiger partial charge in [-0.3, -0.25) is 4.79 Å². The maximum atomic E-state index is 11.8. The van der Waals surface area contributed by atoms with E-state index in [2.05, 4.69) is 21.2 Å². The van der Waals surface area contributed by atoms with Gasteiger partial charge in [-0.2, -0.15) is 0 Å². The van der Waals surface area contributed by atoms with E-state index < -0.39 is 12.1 Å². The maximum Gasteiger partial charge on any atom is 0.375 e. The molecule has 1 amide bonds. The van der Waals surface area contributed by atoms with Crippen LogP contribution in [-0.4, -0.2) is 24.0 Å². The topological polar surface area (TPSA) is 68.5 Å². The molecule has 6 heteroatoms. The molecule has 1 aliphatic carbocycles. The molecule has 1 heterocycles. The molecule has 0 aromatic carbocycles. The standard InChI is InChI=1S/C13H16BrNO4/c1-8(12(16)15-9-4-2-3-5-9)18-13(17)10-6-7-11(14)19-10/h6-9H,2-5H2,1H3,(H,15,16)/t8-/m1/s1. The summed E-state index contributed by atoms with van der Waals surface area (Å²) >= 11 is 3.10. The van der Waals surface area contributed by atoms with Crippen LogP contribution in [0.25, 0.3) is 0 Å². The van der Waals surface area contributed by atoms with E-state index in [9.17, 15) is 9.59 Å². The summed E-state index contributed by atoms with van der Waals surface area (Å²) in [5.41, 5.74) is 0. The Morgan fingerprint density at radius 3 is 2.68 bits per heavy atom. The predicted molar refractivity (Wildman–Crippen MR) is 71.7 cm³/mol. The molecule has 0 radical (unpaired) electrons. The SMILES string of the molecule is C[C@@H](OC(=O)c1ccc(Br)o1)C(=O)NC1CCCC1. The molecule has 19 heavy (non-hydrogen) atoms. The summed E-state index contributed by atoms with van der Waals surface area (Å²) in [6, 6.07) is 3.31. The average molecular weight is 330 g/mol. The number of carbonyl (C=O) groups excluding carboxylic acids is 2. The quantitative estimate of drug-likeness (QED) is 0.862. The second-order valence-corrected chi connectivity index (χ2v) is 5.42. The van der Waals surface area contributed by atoms with Crippen molar-refractivity contribution in [1.29, 1.82) is 0 Å². The van der Waals surface area contributed by atoms with Gasteiger partial charge in [0.05, 0.1) is 0 Å². The summed E-state index contributed by atoms with van der Waals surface area (Å²) < 4.78 is 10.6. The number of carbonyl (C=O) groups is 2. The lowest BCUT2D eigenvalue weighted by Crippen LogP contribution is -2.40. The largest absolute Gasteiger partial charge is 0.447 e. The number of ether oxygens (including phenoxy) is 1. The highest BCUT2D eigenvalue weighted by molar-refractivity contribution is 9.10. The summed E-state index contributed by atoms with van der Waals surface area (Å²) in [6.07, 6.45) is 3.45. The van der Waals surface area contributed by atoms with Gasteiger partial charge in [-0.05, 0) is 47.8 Å². The molecule has 0 bridgehead atoms. The van der Waals surface area contributed by atoms with Crippen LogP contribution in [0.15, 0.2) is 21.2 Å². The van der Waals surface area contributed by atoms with Crippen LogP contribution in [0, 0.1) is 0 Å². The number of rotatable bonds is 4. The summed E-state index contributed by atoms with van der Waals surface area (Å²) in [5.74, 6) is -0.821. The summed E-state index contributed by atoms with van der Waals surface area (Å²) in [4.78, 5) is 23.5. The Kier molecular flexibility index (Phi) is 4.63.